The highest BCUT2D eigenvalue weighted by Crippen LogP contribution is 2.39. The van der Waals surface area contributed by atoms with Crippen LogP contribution in [-0.4, -0.2) is 12.1 Å². The highest BCUT2D eigenvalue weighted by Gasteiger charge is 2.34. The lowest BCUT2D eigenvalue weighted by molar-refractivity contribution is 0.141. The molecule has 12 heavy (non-hydrogen) atoms. The molecule has 0 aliphatic heterocycles. The molecule has 0 radical (unpaired) electrons. The summed E-state index contributed by atoms with van der Waals surface area (Å²) in [5.41, 5.74) is 11.9. The summed E-state index contributed by atoms with van der Waals surface area (Å²) in [5.74, 6) is 1.82. The van der Waals surface area contributed by atoms with E-state index in [1.165, 1.54) is 38.5 Å². The van der Waals surface area contributed by atoms with Gasteiger partial charge < -0.3 is 11.5 Å². The minimum atomic E-state index is 0.282. The zero-order valence-corrected chi connectivity index (χ0v) is 7.71. The summed E-state index contributed by atoms with van der Waals surface area (Å²) < 4.78 is 0. The first-order chi connectivity index (χ1) is 5.77. The maximum atomic E-state index is 5.96. The van der Waals surface area contributed by atoms with Crippen molar-refractivity contribution in [3.05, 3.63) is 0 Å². The lowest BCUT2D eigenvalue weighted by Crippen LogP contribution is -2.49. The van der Waals surface area contributed by atoms with Crippen molar-refractivity contribution in [2.75, 3.05) is 0 Å². The third-order valence-electron chi connectivity index (χ3n) is 3.77. The molecule has 0 spiro atoms. The average Bonchev–Trinajstić information content (AvgIpc) is 2.07. The van der Waals surface area contributed by atoms with Gasteiger partial charge in [-0.05, 0) is 24.7 Å². The van der Waals surface area contributed by atoms with Crippen molar-refractivity contribution in [2.45, 2.75) is 50.6 Å². The highest BCUT2D eigenvalue weighted by atomic mass is 14.8. The molecule has 0 aromatic carbocycles. The number of rotatable bonds is 0. The Labute approximate surface area is 74.7 Å². The molecule has 0 heterocycles. The van der Waals surface area contributed by atoms with E-state index in [1.807, 2.05) is 0 Å². The third-order valence-corrected chi connectivity index (χ3v) is 3.77. The molecule has 0 amide bonds. The lowest BCUT2D eigenvalue weighted by Gasteiger charge is -2.41. The van der Waals surface area contributed by atoms with E-state index < -0.39 is 0 Å². The van der Waals surface area contributed by atoms with Gasteiger partial charge >= 0.3 is 0 Å². The van der Waals surface area contributed by atoms with Gasteiger partial charge in [-0.2, -0.15) is 0 Å². The second-order valence-corrected chi connectivity index (χ2v) is 4.60. The van der Waals surface area contributed by atoms with Crippen molar-refractivity contribution < 1.29 is 0 Å². The third kappa shape index (κ3) is 1.50. The van der Waals surface area contributed by atoms with Gasteiger partial charge in [0.2, 0.25) is 0 Å². The molecule has 2 nitrogen and oxygen atoms in total. The fraction of sp³-hybridized carbons (Fsp3) is 1.00. The smallest absolute Gasteiger partial charge is 0.0195 e. The van der Waals surface area contributed by atoms with Gasteiger partial charge in [0.25, 0.3) is 0 Å². The number of hydrogen-bond acceptors (Lipinski definition) is 2. The first-order valence-corrected chi connectivity index (χ1v) is 5.28. The standard InChI is InChI=1S/C10H20N2/c11-9-5-7-3-1-2-4-8(7)6-10(9)12/h7-10H,1-6,11-12H2/t7?,8?,9-,10-/m0/s1. The summed E-state index contributed by atoms with van der Waals surface area (Å²) in [4.78, 5) is 0. The maximum absolute atomic E-state index is 5.96. The molecule has 0 bridgehead atoms. The molecule has 2 saturated carbocycles. The van der Waals surface area contributed by atoms with Crippen LogP contribution >= 0.6 is 0 Å². The minimum Gasteiger partial charge on any atom is -0.326 e. The molecule has 0 saturated heterocycles. The molecule has 4 N–H and O–H groups in total. The normalized spacial score (nSPS) is 48.5. The van der Waals surface area contributed by atoms with E-state index in [0.29, 0.717) is 0 Å². The van der Waals surface area contributed by atoms with Gasteiger partial charge in [0.1, 0.15) is 0 Å². The van der Waals surface area contributed by atoms with E-state index in [-0.39, 0.29) is 12.1 Å². The average molecular weight is 168 g/mol. The van der Waals surface area contributed by atoms with E-state index in [0.717, 1.165) is 11.8 Å². The molecule has 4 atom stereocenters. The van der Waals surface area contributed by atoms with Crippen molar-refractivity contribution in [1.29, 1.82) is 0 Å². The second kappa shape index (κ2) is 3.35. The SMILES string of the molecule is N[C@H]1CC2CCCCC2C[C@@H]1N. The van der Waals surface area contributed by atoms with Crippen LogP contribution in [0, 0.1) is 11.8 Å². The maximum Gasteiger partial charge on any atom is 0.0195 e. The van der Waals surface area contributed by atoms with Crippen LogP contribution < -0.4 is 11.5 Å². The van der Waals surface area contributed by atoms with E-state index in [1.54, 1.807) is 0 Å². The molecule has 2 aliphatic rings. The molecule has 2 rings (SSSR count). The lowest BCUT2D eigenvalue weighted by atomic mass is 9.68. The summed E-state index contributed by atoms with van der Waals surface area (Å²) in [7, 11) is 0. The van der Waals surface area contributed by atoms with Crippen molar-refractivity contribution in [3.8, 4) is 0 Å². The molecule has 70 valence electrons. The van der Waals surface area contributed by atoms with Crippen molar-refractivity contribution >= 4 is 0 Å². The largest absolute Gasteiger partial charge is 0.326 e. The van der Waals surface area contributed by atoms with Crippen molar-refractivity contribution in [3.63, 3.8) is 0 Å². The van der Waals surface area contributed by atoms with Crippen LogP contribution in [0.3, 0.4) is 0 Å². The molecule has 2 fully saturated rings. The summed E-state index contributed by atoms with van der Waals surface area (Å²) in [6.07, 6.45) is 8.03. The van der Waals surface area contributed by atoms with Crippen LogP contribution in [0.25, 0.3) is 0 Å². The number of fused-ring (bicyclic) bond motifs is 1. The minimum absolute atomic E-state index is 0.282. The fourth-order valence-electron chi connectivity index (χ4n) is 2.95. The van der Waals surface area contributed by atoms with Crippen LogP contribution in [-0.2, 0) is 0 Å². The highest BCUT2D eigenvalue weighted by molar-refractivity contribution is 4.91. The van der Waals surface area contributed by atoms with Gasteiger partial charge in [0.05, 0.1) is 0 Å². The second-order valence-electron chi connectivity index (χ2n) is 4.60. The Morgan fingerprint density at radius 3 is 1.58 bits per heavy atom. The quantitative estimate of drug-likeness (QED) is 0.572. The van der Waals surface area contributed by atoms with Crippen molar-refractivity contribution in [1.82, 2.24) is 0 Å². The van der Waals surface area contributed by atoms with Gasteiger partial charge in [-0.25, -0.2) is 0 Å². The first-order valence-electron chi connectivity index (χ1n) is 5.28. The number of hydrogen-bond donors (Lipinski definition) is 2. The van der Waals surface area contributed by atoms with Gasteiger partial charge in [0, 0.05) is 12.1 Å². The van der Waals surface area contributed by atoms with E-state index in [4.69, 9.17) is 11.5 Å². The van der Waals surface area contributed by atoms with Gasteiger partial charge in [-0.15, -0.1) is 0 Å². The van der Waals surface area contributed by atoms with Crippen molar-refractivity contribution in [2.24, 2.45) is 23.3 Å². The monoisotopic (exact) mass is 168 g/mol. The molecular formula is C10H20N2. The summed E-state index contributed by atoms with van der Waals surface area (Å²) in [5, 5.41) is 0. The summed E-state index contributed by atoms with van der Waals surface area (Å²) >= 11 is 0. The molecule has 2 aliphatic carbocycles. The van der Waals surface area contributed by atoms with Gasteiger partial charge in [-0.1, -0.05) is 25.7 Å². The summed E-state index contributed by atoms with van der Waals surface area (Å²) in [6, 6.07) is 0.564. The molecule has 2 unspecified atom stereocenters. The Morgan fingerprint density at radius 2 is 1.17 bits per heavy atom. The van der Waals surface area contributed by atoms with Crippen LogP contribution in [0.4, 0.5) is 0 Å². The number of nitrogens with two attached hydrogens (primary N) is 2. The van der Waals surface area contributed by atoms with Gasteiger partial charge in [0.15, 0.2) is 0 Å². The van der Waals surface area contributed by atoms with Gasteiger partial charge in [-0.3, -0.25) is 0 Å². The zero-order chi connectivity index (χ0) is 8.55. The Morgan fingerprint density at radius 1 is 0.750 bits per heavy atom. The van der Waals surface area contributed by atoms with E-state index >= 15 is 0 Å². The predicted molar refractivity (Wildman–Crippen MR) is 50.6 cm³/mol. The Hall–Kier alpha value is -0.0800. The Kier molecular flexibility index (Phi) is 2.37. The molecule has 0 aromatic rings. The first kappa shape index (κ1) is 8.52. The van der Waals surface area contributed by atoms with E-state index in [2.05, 4.69) is 0 Å². The van der Waals surface area contributed by atoms with Crippen LogP contribution in [0.1, 0.15) is 38.5 Å². The van der Waals surface area contributed by atoms with Crippen LogP contribution in [0.5, 0.6) is 0 Å². The molecule has 0 aromatic heterocycles. The molecule has 2 heteroatoms. The summed E-state index contributed by atoms with van der Waals surface area (Å²) in [6.45, 7) is 0. The zero-order valence-electron chi connectivity index (χ0n) is 7.71. The van der Waals surface area contributed by atoms with Crippen LogP contribution in [0.15, 0.2) is 0 Å². The van der Waals surface area contributed by atoms with E-state index in [9.17, 15) is 0 Å². The Balaban J connectivity index is 1.98. The van der Waals surface area contributed by atoms with Crippen LogP contribution in [0.2, 0.25) is 0 Å². The topological polar surface area (TPSA) is 52.0 Å². The fourth-order valence-corrected chi connectivity index (χ4v) is 2.95. The predicted octanol–water partition coefficient (Wildman–Crippen LogP) is 1.24. The molecular weight excluding hydrogens is 148 g/mol. The Bertz CT molecular complexity index is 140.